The number of benzene rings is 1. The lowest BCUT2D eigenvalue weighted by Gasteiger charge is -2.01. The van der Waals surface area contributed by atoms with E-state index >= 15 is 0 Å². The Labute approximate surface area is 80.7 Å². The minimum absolute atomic E-state index is 0.236. The summed E-state index contributed by atoms with van der Waals surface area (Å²) in [4.78, 5) is 4.23. The fourth-order valence-corrected chi connectivity index (χ4v) is 1.42. The second kappa shape index (κ2) is 3.36. The van der Waals surface area contributed by atoms with Crippen molar-refractivity contribution >= 4 is 17.0 Å². The van der Waals surface area contributed by atoms with Crippen molar-refractivity contribution < 1.29 is 0 Å². The van der Waals surface area contributed by atoms with Crippen molar-refractivity contribution in [3.63, 3.8) is 0 Å². The lowest BCUT2D eigenvalue weighted by atomic mass is 10.3. The van der Waals surface area contributed by atoms with Gasteiger partial charge in [-0.2, -0.15) is 5.26 Å². The van der Waals surface area contributed by atoms with Crippen LogP contribution in [0.1, 0.15) is 0 Å². The van der Waals surface area contributed by atoms with Gasteiger partial charge in [0.05, 0.1) is 17.1 Å². The Bertz CT molecular complexity index is 493. The second-order valence-corrected chi connectivity index (χ2v) is 2.81. The second-order valence-electron chi connectivity index (χ2n) is 2.81. The summed E-state index contributed by atoms with van der Waals surface area (Å²) in [7, 11) is 0. The Balaban J connectivity index is 2.69. The minimum Gasteiger partial charge on any atom is -0.295 e. The van der Waals surface area contributed by atoms with Crippen molar-refractivity contribution in [2.24, 2.45) is 5.84 Å². The molecule has 2 rings (SSSR count). The standard InChI is InChI=1S/C9H9N5/c10-5-6-14-8-4-2-1-3-7(8)12-9(14)13-11/h1-4H,6,11H2,(H,12,13). The molecule has 1 heterocycles. The monoisotopic (exact) mass is 187 g/mol. The van der Waals surface area contributed by atoms with E-state index in [0.29, 0.717) is 5.95 Å². The summed E-state index contributed by atoms with van der Waals surface area (Å²) in [5, 5.41) is 8.65. The maximum atomic E-state index is 8.65. The van der Waals surface area contributed by atoms with Crippen LogP contribution in [0.15, 0.2) is 24.3 Å². The first kappa shape index (κ1) is 8.53. The number of hydrazine groups is 1. The molecule has 0 fully saturated rings. The van der Waals surface area contributed by atoms with Crippen molar-refractivity contribution in [1.29, 1.82) is 5.26 Å². The number of imidazole rings is 1. The quantitative estimate of drug-likeness (QED) is 0.539. The van der Waals surface area contributed by atoms with E-state index in [1.165, 1.54) is 0 Å². The zero-order valence-electron chi connectivity index (χ0n) is 7.44. The number of nitrogen functional groups attached to an aromatic ring is 1. The topological polar surface area (TPSA) is 79.7 Å². The first-order valence-electron chi connectivity index (χ1n) is 4.15. The van der Waals surface area contributed by atoms with Crippen LogP contribution < -0.4 is 11.3 Å². The van der Waals surface area contributed by atoms with Gasteiger partial charge in [0, 0.05) is 0 Å². The number of nitriles is 1. The van der Waals surface area contributed by atoms with Crippen LogP contribution in [0.25, 0.3) is 11.0 Å². The number of aromatic nitrogens is 2. The molecule has 0 aliphatic carbocycles. The molecule has 1 aromatic carbocycles. The van der Waals surface area contributed by atoms with Gasteiger partial charge in [0.1, 0.15) is 6.54 Å². The van der Waals surface area contributed by atoms with Crippen molar-refractivity contribution in [1.82, 2.24) is 9.55 Å². The first-order chi connectivity index (χ1) is 6.86. The van der Waals surface area contributed by atoms with Crippen molar-refractivity contribution in [2.45, 2.75) is 6.54 Å². The molecule has 0 spiro atoms. The molecule has 2 aromatic rings. The summed E-state index contributed by atoms with van der Waals surface area (Å²) in [6.45, 7) is 0.236. The smallest absolute Gasteiger partial charge is 0.219 e. The largest absolute Gasteiger partial charge is 0.295 e. The van der Waals surface area contributed by atoms with E-state index in [1.54, 1.807) is 4.57 Å². The van der Waals surface area contributed by atoms with E-state index in [1.807, 2.05) is 24.3 Å². The molecule has 5 heteroatoms. The van der Waals surface area contributed by atoms with E-state index < -0.39 is 0 Å². The maximum Gasteiger partial charge on any atom is 0.219 e. The fraction of sp³-hybridized carbons (Fsp3) is 0.111. The molecule has 0 bridgehead atoms. The highest BCUT2D eigenvalue weighted by molar-refractivity contribution is 5.78. The van der Waals surface area contributed by atoms with Crippen molar-refractivity contribution in [3.05, 3.63) is 24.3 Å². The predicted octanol–water partition coefficient (Wildman–Crippen LogP) is 0.845. The number of para-hydroxylation sites is 2. The SMILES string of the molecule is N#CCn1c(NN)nc2ccccc21. The van der Waals surface area contributed by atoms with Crippen molar-refractivity contribution in [3.8, 4) is 6.07 Å². The predicted molar refractivity (Wildman–Crippen MR) is 53.2 cm³/mol. The number of hydrogen-bond donors (Lipinski definition) is 2. The Morgan fingerprint density at radius 3 is 3.00 bits per heavy atom. The molecule has 14 heavy (non-hydrogen) atoms. The minimum atomic E-state index is 0.236. The third-order valence-electron chi connectivity index (χ3n) is 2.01. The van der Waals surface area contributed by atoms with Gasteiger partial charge in [0.25, 0.3) is 0 Å². The highest BCUT2D eigenvalue weighted by atomic mass is 15.3. The molecule has 0 aliphatic rings. The number of hydrogen-bond acceptors (Lipinski definition) is 4. The van der Waals surface area contributed by atoms with E-state index in [-0.39, 0.29) is 6.54 Å². The Hall–Kier alpha value is -2.06. The summed E-state index contributed by atoms with van der Waals surface area (Å²) in [6, 6.07) is 9.64. The molecule has 0 atom stereocenters. The molecule has 0 radical (unpaired) electrons. The highest BCUT2D eigenvalue weighted by Gasteiger charge is 2.07. The lowest BCUT2D eigenvalue weighted by Crippen LogP contribution is -2.12. The molecular weight excluding hydrogens is 178 g/mol. The summed E-state index contributed by atoms with van der Waals surface area (Å²) in [5.41, 5.74) is 4.20. The van der Waals surface area contributed by atoms with Gasteiger partial charge in [0.15, 0.2) is 0 Å². The summed E-state index contributed by atoms with van der Waals surface area (Å²) >= 11 is 0. The molecule has 0 amide bonds. The lowest BCUT2D eigenvalue weighted by molar-refractivity contribution is 0.861. The van der Waals surface area contributed by atoms with Crippen LogP contribution in [0.4, 0.5) is 5.95 Å². The van der Waals surface area contributed by atoms with Gasteiger partial charge in [-0.25, -0.2) is 10.8 Å². The number of anilines is 1. The molecule has 3 N–H and O–H groups in total. The van der Waals surface area contributed by atoms with Gasteiger partial charge in [-0.3, -0.25) is 9.99 Å². The van der Waals surface area contributed by atoms with Crippen LogP contribution in [-0.2, 0) is 6.54 Å². The van der Waals surface area contributed by atoms with E-state index in [2.05, 4.69) is 16.5 Å². The molecule has 70 valence electrons. The summed E-state index contributed by atoms with van der Waals surface area (Å²) in [5.74, 6) is 5.81. The van der Waals surface area contributed by atoms with Gasteiger partial charge >= 0.3 is 0 Å². The van der Waals surface area contributed by atoms with Crippen LogP contribution in [0.3, 0.4) is 0 Å². The molecule has 5 nitrogen and oxygen atoms in total. The molecule has 0 aliphatic heterocycles. The zero-order chi connectivity index (χ0) is 9.97. The fourth-order valence-electron chi connectivity index (χ4n) is 1.42. The third-order valence-corrected chi connectivity index (χ3v) is 2.01. The molecular formula is C9H9N5. The first-order valence-corrected chi connectivity index (χ1v) is 4.15. The average Bonchev–Trinajstić information content (AvgIpc) is 2.58. The average molecular weight is 187 g/mol. The van der Waals surface area contributed by atoms with E-state index in [4.69, 9.17) is 11.1 Å². The normalized spacial score (nSPS) is 10.0. The maximum absolute atomic E-state index is 8.65. The zero-order valence-corrected chi connectivity index (χ0v) is 7.44. The van der Waals surface area contributed by atoms with Gasteiger partial charge < -0.3 is 0 Å². The Kier molecular flexibility index (Phi) is 2.05. The van der Waals surface area contributed by atoms with Crippen LogP contribution in [0, 0.1) is 11.3 Å². The van der Waals surface area contributed by atoms with Crippen LogP contribution in [-0.4, -0.2) is 9.55 Å². The van der Waals surface area contributed by atoms with E-state index in [9.17, 15) is 0 Å². The van der Waals surface area contributed by atoms with Crippen LogP contribution in [0.5, 0.6) is 0 Å². The van der Waals surface area contributed by atoms with E-state index in [0.717, 1.165) is 11.0 Å². The number of nitrogens with one attached hydrogen (secondary N) is 1. The number of fused-ring (bicyclic) bond motifs is 1. The van der Waals surface area contributed by atoms with Crippen LogP contribution in [0.2, 0.25) is 0 Å². The van der Waals surface area contributed by atoms with Gasteiger partial charge in [-0.1, -0.05) is 12.1 Å². The van der Waals surface area contributed by atoms with Gasteiger partial charge in [-0.15, -0.1) is 0 Å². The van der Waals surface area contributed by atoms with Crippen molar-refractivity contribution in [2.75, 3.05) is 5.43 Å². The molecule has 0 saturated heterocycles. The molecule has 1 aromatic heterocycles. The molecule has 0 unspecified atom stereocenters. The van der Waals surface area contributed by atoms with Crippen LogP contribution >= 0.6 is 0 Å². The number of nitrogens with two attached hydrogens (primary N) is 1. The number of nitrogens with zero attached hydrogens (tertiary/aromatic N) is 3. The third kappa shape index (κ3) is 1.18. The highest BCUT2D eigenvalue weighted by Crippen LogP contribution is 2.17. The Morgan fingerprint density at radius 2 is 2.29 bits per heavy atom. The molecule has 0 saturated carbocycles. The van der Waals surface area contributed by atoms with Gasteiger partial charge in [0.2, 0.25) is 5.95 Å². The summed E-state index contributed by atoms with van der Waals surface area (Å²) in [6.07, 6.45) is 0. The number of rotatable bonds is 2. The Morgan fingerprint density at radius 1 is 1.50 bits per heavy atom. The van der Waals surface area contributed by atoms with Gasteiger partial charge in [-0.05, 0) is 12.1 Å². The summed E-state index contributed by atoms with van der Waals surface area (Å²) < 4.78 is 1.73.